The highest BCUT2D eigenvalue weighted by Gasteiger charge is 2.15. The molecule has 0 unspecified atom stereocenters. The summed E-state index contributed by atoms with van der Waals surface area (Å²) in [6.45, 7) is 0.985. The van der Waals surface area contributed by atoms with E-state index in [1.807, 2.05) is 0 Å². The normalized spacial score (nSPS) is 11.4. The molecule has 2 aromatic rings. The summed E-state index contributed by atoms with van der Waals surface area (Å²) in [4.78, 5) is 23.2. The van der Waals surface area contributed by atoms with Crippen molar-refractivity contribution in [3.8, 4) is 0 Å². The molecular weight excluding hydrogens is 198 g/mol. The molecule has 3 N–H and O–H groups in total. The van der Waals surface area contributed by atoms with Crippen molar-refractivity contribution in [1.29, 1.82) is 0 Å². The summed E-state index contributed by atoms with van der Waals surface area (Å²) in [5.74, 6) is 0. The summed E-state index contributed by atoms with van der Waals surface area (Å²) in [7, 11) is 3.08. The third-order valence-electron chi connectivity index (χ3n) is 2.50. The van der Waals surface area contributed by atoms with Crippen molar-refractivity contribution in [2.24, 2.45) is 19.8 Å². The van der Waals surface area contributed by atoms with Crippen LogP contribution < -0.4 is 17.0 Å². The Labute approximate surface area is 84.7 Å². The van der Waals surface area contributed by atoms with E-state index in [9.17, 15) is 9.59 Å². The van der Waals surface area contributed by atoms with Crippen LogP contribution in [-0.2, 0) is 20.6 Å². The standard InChI is InChI=1S/C8H13N5O2/c1-11-6-5(13(10-6)4-3-9)7(14)12(2)8(11)15/h10H,3-4,9H2,1-2H3. The van der Waals surface area contributed by atoms with Crippen molar-refractivity contribution in [2.75, 3.05) is 6.54 Å². The molecule has 2 aromatic heterocycles. The first kappa shape index (κ1) is 9.78. The third kappa shape index (κ3) is 1.16. The zero-order chi connectivity index (χ0) is 11.2. The molecule has 0 bridgehead atoms. The van der Waals surface area contributed by atoms with E-state index >= 15 is 0 Å². The number of aryl methyl sites for hydroxylation is 1. The van der Waals surface area contributed by atoms with Crippen LogP contribution in [0.1, 0.15) is 0 Å². The van der Waals surface area contributed by atoms with Gasteiger partial charge in [0.2, 0.25) is 0 Å². The maximum Gasteiger partial charge on any atom is 0.332 e. The number of hydrogen-bond donors (Lipinski definition) is 2. The van der Waals surface area contributed by atoms with Gasteiger partial charge in [-0.25, -0.2) is 4.79 Å². The Hall–Kier alpha value is -1.76. The van der Waals surface area contributed by atoms with Crippen LogP contribution in [0.4, 0.5) is 0 Å². The highest BCUT2D eigenvalue weighted by molar-refractivity contribution is 5.71. The second kappa shape index (κ2) is 3.13. The highest BCUT2D eigenvalue weighted by atomic mass is 16.2. The van der Waals surface area contributed by atoms with Crippen LogP contribution in [-0.4, -0.2) is 25.5 Å². The smallest absolute Gasteiger partial charge is 0.329 e. The third-order valence-corrected chi connectivity index (χ3v) is 2.50. The van der Waals surface area contributed by atoms with Gasteiger partial charge in [-0.2, -0.15) is 0 Å². The first-order chi connectivity index (χ1) is 7.07. The number of aromatic amines is 1. The Bertz CT molecular complexity index is 611. The Morgan fingerprint density at radius 2 is 1.93 bits per heavy atom. The minimum Gasteiger partial charge on any atom is -0.329 e. The molecule has 2 heterocycles. The van der Waals surface area contributed by atoms with E-state index in [1.165, 1.54) is 11.6 Å². The number of fused-ring (bicyclic) bond motifs is 1. The van der Waals surface area contributed by atoms with E-state index in [1.54, 1.807) is 11.7 Å². The lowest BCUT2D eigenvalue weighted by atomic mass is 10.4. The molecule has 2 rings (SSSR count). The molecule has 0 saturated heterocycles. The largest absolute Gasteiger partial charge is 0.332 e. The lowest BCUT2D eigenvalue weighted by Crippen LogP contribution is -2.41. The van der Waals surface area contributed by atoms with Gasteiger partial charge in [-0.05, 0) is 0 Å². The molecule has 0 aliphatic carbocycles. The van der Waals surface area contributed by atoms with Crippen LogP contribution in [0.15, 0.2) is 9.59 Å². The summed E-state index contributed by atoms with van der Waals surface area (Å²) in [5.41, 5.74) is 5.82. The first-order valence-electron chi connectivity index (χ1n) is 4.62. The molecule has 0 atom stereocenters. The molecule has 7 nitrogen and oxygen atoms in total. The predicted molar refractivity (Wildman–Crippen MR) is 55.8 cm³/mol. The molecule has 0 radical (unpaired) electrons. The van der Waals surface area contributed by atoms with Crippen LogP contribution in [0.2, 0.25) is 0 Å². The highest BCUT2D eigenvalue weighted by Crippen LogP contribution is 2.05. The van der Waals surface area contributed by atoms with Crippen molar-refractivity contribution in [3.05, 3.63) is 20.8 Å². The summed E-state index contributed by atoms with van der Waals surface area (Å²) >= 11 is 0. The van der Waals surface area contributed by atoms with Gasteiger partial charge >= 0.3 is 5.69 Å². The van der Waals surface area contributed by atoms with E-state index in [4.69, 9.17) is 5.73 Å². The Morgan fingerprint density at radius 1 is 1.27 bits per heavy atom. The zero-order valence-corrected chi connectivity index (χ0v) is 8.65. The van der Waals surface area contributed by atoms with Crippen molar-refractivity contribution < 1.29 is 0 Å². The lowest BCUT2D eigenvalue weighted by Gasteiger charge is -2.17. The molecule has 0 aromatic carbocycles. The monoisotopic (exact) mass is 211 g/mol. The number of nitrogens with two attached hydrogens (primary N) is 1. The first-order valence-corrected chi connectivity index (χ1v) is 4.62. The van der Waals surface area contributed by atoms with E-state index in [2.05, 4.69) is 5.10 Å². The van der Waals surface area contributed by atoms with Gasteiger partial charge in [0.25, 0.3) is 5.56 Å². The van der Waals surface area contributed by atoms with Gasteiger partial charge in [-0.1, -0.05) is 0 Å². The fraction of sp³-hybridized carbons (Fsp3) is 0.500. The Morgan fingerprint density at radius 3 is 2.53 bits per heavy atom. The molecule has 0 amide bonds. The second-order valence-electron chi connectivity index (χ2n) is 3.46. The Balaban J connectivity index is 2.81. The van der Waals surface area contributed by atoms with Crippen LogP contribution in [0, 0.1) is 0 Å². The summed E-state index contributed by atoms with van der Waals surface area (Å²) in [6.07, 6.45) is 0. The summed E-state index contributed by atoms with van der Waals surface area (Å²) < 4.78 is 4.14. The molecule has 0 fully saturated rings. The molecule has 0 saturated carbocycles. The van der Waals surface area contributed by atoms with Crippen LogP contribution in [0.25, 0.3) is 11.2 Å². The molecule has 82 valence electrons. The van der Waals surface area contributed by atoms with Crippen LogP contribution >= 0.6 is 0 Å². The van der Waals surface area contributed by atoms with Gasteiger partial charge in [0.15, 0.2) is 11.2 Å². The molecular formula is C8H13N5O2. The number of hydrogen-bond acceptors (Lipinski definition) is 3. The van der Waals surface area contributed by atoms with E-state index in [0.29, 0.717) is 24.3 Å². The maximum absolute atomic E-state index is 11.7. The number of H-pyrrole nitrogens is 1. The molecule has 0 spiro atoms. The topological polar surface area (TPSA) is 90.7 Å². The van der Waals surface area contributed by atoms with Gasteiger partial charge < -0.3 is 5.73 Å². The number of aromatic nitrogens is 4. The molecule has 0 aliphatic rings. The zero-order valence-electron chi connectivity index (χ0n) is 8.65. The van der Waals surface area contributed by atoms with E-state index < -0.39 is 0 Å². The predicted octanol–water partition coefficient (Wildman–Crippen LogP) is -1.67. The number of rotatable bonds is 2. The second-order valence-corrected chi connectivity index (χ2v) is 3.46. The van der Waals surface area contributed by atoms with E-state index in [0.717, 1.165) is 4.57 Å². The summed E-state index contributed by atoms with van der Waals surface area (Å²) in [6, 6.07) is 0. The average molecular weight is 211 g/mol. The van der Waals surface area contributed by atoms with Crippen molar-refractivity contribution in [2.45, 2.75) is 6.54 Å². The van der Waals surface area contributed by atoms with Crippen molar-refractivity contribution in [1.82, 2.24) is 18.9 Å². The van der Waals surface area contributed by atoms with Crippen LogP contribution in [0.3, 0.4) is 0 Å². The van der Waals surface area contributed by atoms with Gasteiger partial charge in [0.05, 0.1) is 6.54 Å². The lowest BCUT2D eigenvalue weighted by molar-refractivity contribution is 0.582. The quantitative estimate of drug-likeness (QED) is 0.622. The molecule has 15 heavy (non-hydrogen) atoms. The number of nitrogens with one attached hydrogen (secondary N) is 1. The van der Waals surface area contributed by atoms with Crippen LogP contribution in [0.5, 0.6) is 0 Å². The number of nitrogens with zero attached hydrogens (tertiary/aromatic N) is 3. The van der Waals surface area contributed by atoms with Gasteiger partial charge in [0, 0.05) is 20.6 Å². The molecule has 0 aliphatic heterocycles. The molecule has 7 heteroatoms. The fourth-order valence-electron chi connectivity index (χ4n) is 1.63. The van der Waals surface area contributed by atoms with Gasteiger partial charge in [-0.15, -0.1) is 0 Å². The SMILES string of the molecule is Cn1c(=O)c2c([nH]n2CCN)n(C)c1=O. The van der Waals surface area contributed by atoms with Crippen molar-refractivity contribution in [3.63, 3.8) is 0 Å². The van der Waals surface area contributed by atoms with Gasteiger partial charge in [0.1, 0.15) is 0 Å². The maximum atomic E-state index is 11.7. The van der Waals surface area contributed by atoms with Crippen molar-refractivity contribution >= 4 is 11.2 Å². The van der Waals surface area contributed by atoms with Gasteiger partial charge in [-0.3, -0.25) is 23.7 Å². The average Bonchev–Trinajstić information content (AvgIpc) is 2.18. The van der Waals surface area contributed by atoms with E-state index in [-0.39, 0.29) is 11.2 Å². The Kier molecular flexibility index (Phi) is 2.04. The fourth-order valence-corrected chi connectivity index (χ4v) is 1.63. The minimum atomic E-state index is -0.335. The summed E-state index contributed by atoms with van der Waals surface area (Å²) in [5, 5.41) is 2.90. The minimum absolute atomic E-state index is 0.291.